The predicted molar refractivity (Wildman–Crippen MR) is 95.9 cm³/mol. The van der Waals surface area contributed by atoms with Crippen LogP contribution in [0, 0.1) is 0 Å². The summed E-state index contributed by atoms with van der Waals surface area (Å²) >= 11 is 0. The van der Waals surface area contributed by atoms with E-state index in [4.69, 9.17) is 4.74 Å². The third-order valence-electron chi connectivity index (χ3n) is 5.17. The molecule has 2 atom stereocenters. The molecule has 2 aliphatic heterocycles. The monoisotopic (exact) mass is 337 g/mol. The van der Waals surface area contributed by atoms with E-state index in [0.29, 0.717) is 13.0 Å². The molecule has 130 valence electrons. The van der Waals surface area contributed by atoms with E-state index in [-0.39, 0.29) is 18.1 Å². The van der Waals surface area contributed by atoms with E-state index in [1.807, 2.05) is 36.3 Å². The molecule has 2 aliphatic rings. The highest BCUT2D eigenvalue weighted by Gasteiger charge is 2.39. The van der Waals surface area contributed by atoms with E-state index in [1.54, 1.807) is 0 Å². The summed E-state index contributed by atoms with van der Waals surface area (Å²) in [6.07, 6.45) is 2.44. The van der Waals surface area contributed by atoms with Crippen molar-refractivity contribution in [2.24, 2.45) is 0 Å². The number of likely N-dealkylation sites (N-methyl/N-ethyl adjacent to an activating group) is 1. The zero-order chi connectivity index (χ0) is 17.2. The average Bonchev–Trinajstić information content (AvgIpc) is 2.99. The molecule has 0 saturated carbocycles. The van der Waals surface area contributed by atoms with Crippen LogP contribution in [0.1, 0.15) is 12.0 Å². The zero-order valence-corrected chi connectivity index (χ0v) is 14.5. The van der Waals surface area contributed by atoms with Gasteiger partial charge >= 0.3 is 0 Å². The number of rotatable bonds is 3. The molecule has 0 bridgehead atoms. The van der Waals surface area contributed by atoms with Crippen LogP contribution in [0.25, 0.3) is 11.3 Å². The minimum Gasteiger partial charge on any atom is -0.374 e. The first-order chi connectivity index (χ1) is 12.2. The summed E-state index contributed by atoms with van der Waals surface area (Å²) in [5, 5.41) is 0. The van der Waals surface area contributed by atoms with Crippen molar-refractivity contribution in [1.29, 1.82) is 0 Å². The molecule has 1 aromatic carbocycles. The first-order valence-corrected chi connectivity index (χ1v) is 8.80. The van der Waals surface area contributed by atoms with Crippen molar-refractivity contribution in [2.45, 2.75) is 25.1 Å². The maximum Gasteiger partial charge on any atom is 0.225 e. The largest absolute Gasteiger partial charge is 0.374 e. The quantitative estimate of drug-likeness (QED) is 0.861. The summed E-state index contributed by atoms with van der Waals surface area (Å²) in [4.78, 5) is 20.7. The first kappa shape index (κ1) is 16.2. The number of carbonyl (C=O) groups is 1. The molecule has 5 nitrogen and oxygen atoms in total. The molecule has 3 heterocycles. The zero-order valence-electron chi connectivity index (χ0n) is 14.5. The van der Waals surface area contributed by atoms with Gasteiger partial charge in [0, 0.05) is 38.4 Å². The third-order valence-corrected chi connectivity index (χ3v) is 5.17. The number of amides is 1. The summed E-state index contributed by atoms with van der Waals surface area (Å²) in [7, 11) is 1.90. The standard InChI is InChI=1S/C20H23N3O2/c1-22-18-13-23(14-19(18)25-11-9-20(22)24)12-15-5-7-16(8-6-15)17-4-2-3-10-21-17/h2-8,10,18-19H,9,11-14H2,1H3/t18-,19-/m0/s1. The minimum atomic E-state index is 0.129. The number of nitrogens with zero attached hydrogens (tertiary/aromatic N) is 3. The van der Waals surface area contributed by atoms with Crippen LogP contribution < -0.4 is 0 Å². The maximum atomic E-state index is 12.0. The fourth-order valence-electron chi connectivity index (χ4n) is 3.73. The number of pyridine rings is 1. The van der Waals surface area contributed by atoms with Gasteiger partial charge in [-0.1, -0.05) is 30.3 Å². The van der Waals surface area contributed by atoms with Crippen molar-refractivity contribution in [2.75, 3.05) is 26.7 Å². The van der Waals surface area contributed by atoms with Gasteiger partial charge in [0.1, 0.15) is 0 Å². The number of fused-ring (bicyclic) bond motifs is 1. The number of ether oxygens (including phenoxy) is 1. The molecule has 0 N–H and O–H groups in total. The molecule has 2 fully saturated rings. The topological polar surface area (TPSA) is 45.7 Å². The van der Waals surface area contributed by atoms with E-state index in [0.717, 1.165) is 30.9 Å². The fraction of sp³-hybridized carbons (Fsp3) is 0.400. The van der Waals surface area contributed by atoms with Gasteiger partial charge in [-0.15, -0.1) is 0 Å². The van der Waals surface area contributed by atoms with E-state index < -0.39 is 0 Å². The van der Waals surface area contributed by atoms with Gasteiger partial charge in [-0.05, 0) is 17.7 Å². The third kappa shape index (κ3) is 3.43. The van der Waals surface area contributed by atoms with Crippen molar-refractivity contribution in [1.82, 2.24) is 14.8 Å². The molecule has 1 amide bonds. The molecule has 4 rings (SSSR count). The van der Waals surface area contributed by atoms with Crippen molar-refractivity contribution in [3.05, 3.63) is 54.2 Å². The minimum absolute atomic E-state index is 0.129. The molecule has 2 aromatic rings. The smallest absolute Gasteiger partial charge is 0.225 e. The van der Waals surface area contributed by atoms with Crippen molar-refractivity contribution >= 4 is 5.91 Å². The van der Waals surface area contributed by atoms with Crippen LogP contribution in [-0.4, -0.2) is 59.6 Å². The average molecular weight is 337 g/mol. The maximum absolute atomic E-state index is 12.0. The Hall–Kier alpha value is -2.24. The Morgan fingerprint density at radius 2 is 2.00 bits per heavy atom. The van der Waals surface area contributed by atoms with Gasteiger partial charge in [0.15, 0.2) is 0 Å². The molecule has 0 radical (unpaired) electrons. The summed E-state index contributed by atoms with van der Waals surface area (Å²) in [5.41, 5.74) is 3.39. The summed E-state index contributed by atoms with van der Waals surface area (Å²) in [6, 6.07) is 14.7. The summed E-state index contributed by atoms with van der Waals surface area (Å²) < 4.78 is 5.90. The van der Waals surface area contributed by atoms with E-state index in [9.17, 15) is 4.79 Å². The van der Waals surface area contributed by atoms with Crippen molar-refractivity contribution in [3.63, 3.8) is 0 Å². The van der Waals surface area contributed by atoms with Crippen molar-refractivity contribution in [3.8, 4) is 11.3 Å². The van der Waals surface area contributed by atoms with Crippen LogP contribution in [0.5, 0.6) is 0 Å². The molecule has 2 saturated heterocycles. The Labute approximate surface area is 148 Å². The highest BCUT2D eigenvalue weighted by Crippen LogP contribution is 2.24. The van der Waals surface area contributed by atoms with Gasteiger partial charge in [-0.25, -0.2) is 0 Å². The number of benzene rings is 1. The Kier molecular flexibility index (Phi) is 4.51. The molecule has 0 aliphatic carbocycles. The van der Waals surface area contributed by atoms with E-state index >= 15 is 0 Å². The first-order valence-electron chi connectivity index (χ1n) is 8.80. The fourth-order valence-corrected chi connectivity index (χ4v) is 3.73. The second-order valence-corrected chi connectivity index (χ2v) is 6.84. The van der Waals surface area contributed by atoms with Gasteiger partial charge in [0.2, 0.25) is 5.91 Å². The molecule has 0 unspecified atom stereocenters. The van der Waals surface area contributed by atoms with Crippen LogP contribution >= 0.6 is 0 Å². The predicted octanol–water partition coefficient (Wildman–Crippen LogP) is 2.18. The van der Waals surface area contributed by atoms with Crippen LogP contribution in [-0.2, 0) is 16.1 Å². The van der Waals surface area contributed by atoms with Crippen LogP contribution in [0.4, 0.5) is 0 Å². The summed E-state index contributed by atoms with van der Waals surface area (Å²) in [6.45, 7) is 3.16. The van der Waals surface area contributed by atoms with Crippen molar-refractivity contribution < 1.29 is 9.53 Å². The van der Waals surface area contributed by atoms with Crippen LogP contribution in [0.3, 0.4) is 0 Å². The Balaban J connectivity index is 1.42. The molecular weight excluding hydrogens is 314 g/mol. The Morgan fingerprint density at radius 3 is 2.76 bits per heavy atom. The van der Waals surface area contributed by atoms with Crippen LogP contribution in [0.2, 0.25) is 0 Å². The van der Waals surface area contributed by atoms with E-state index in [2.05, 4.69) is 34.1 Å². The second-order valence-electron chi connectivity index (χ2n) is 6.84. The normalized spacial score (nSPS) is 24.2. The van der Waals surface area contributed by atoms with Gasteiger partial charge in [-0.2, -0.15) is 0 Å². The van der Waals surface area contributed by atoms with Gasteiger partial charge < -0.3 is 9.64 Å². The molecular formula is C20H23N3O2. The van der Waals surface area contributed by atoms with Gasteiger partial charge in [0.05, 0.1) is 30.9 Å². The number of aromatic nitrogens is 1. The number of hydrogen-bond donors (Lipinski definition) is 0. The molecule has 5 heteroatoms. The molecule has 0 spiro atoms. The van der Waals surface area contributed by atoms with Crippen LogP contribution in [0.15, 0.2) is 48.7 Å². The van der Waals surface area contributed by atoms with Gasteiger partial charge in [0.25, 0.3) is 0 Å². The molecule has 1 aromatic heterocycles. The lowest BCUT2D eigenvalue weighted by molar-refractivity contribution is -0.131. The number of hydrogen-bond acceptors (Lipinski definition) is 4. The highest BCUT2D eigenvalue weighted by atomic mass is 16.5. The Morgan fingerprint density at radius 1 is 1.16 bits per heavy atom. The summed E-state index contributed by atoms with van der Waals surface area (Å²) in [5.74, 6) is 0.189. The van der Waals surface area contributed by atoms with E-state index in [1.165, 1.54) is 5.56 Å². The SMILES string of the molecule is CN1C(=O)CCO[C@H]2CN(Cc3ccc(-c4ccccn4)cc3)C[C@@H]21. The lowest BCUT2D eigenvalue weighted by Crippen LogP contribution is -2.42. The number of likely N-dealkylation sites (tertiary alicyclic amines) is 1. The van der Waals surface area contributed by atoms with Gasteiger partial charge in [-0.3, -0.25) is 14.7 Å². The number of carbonyl (C=O) groups excluding carboxylic acids is 1. The highest BCUT2D eigenvalue weighted by molar-refractivity contribution is 5.76. The Bertz CT molecular complexity index is 732. The lowest BCUT2D eigenvalue weighted by Gasteiger charge is -2.25. The lowest BCUT2D eigenvalue weighted by atomic mass is 10.1. The molecule has 25 heavy (non-hydrogen) atoms. The second kappa shape index (κ2) is 6.94.